The van der Waals surface area contributed by atoms with E-state index in [1.807, 2.05) is 0 Å². The zero-order chi connectivity index (χ0) is 48.8. The van der Waals surface area contributed by atoms with Gasteiger partial charge in [0, 0.05) is 19.4 Å². The van der Waals surface area contributed by atoms with Crippen molar-refractivity contribution in [3.8, 4) is 0 Å². The van der Waals surface area contributed by atoms with Gasteiger partial charge in [-0.05, 0) is 103 Å². The summed E-state index contributed by atoms with van der Waals surface area (Å²) in [6.07, 6.45) is 69.1. The Morgan fingerprint density at radius 1 is 0.463 bits per heavy atom. The van der Waals surface area contributed by atoms with Crippen LogP contribution in [0.5, 0.6) is 0 Å². The predicted molar refractivity (Wildman–Crippen MR) is 284 cm³/mol. The fraction of sp³-hybridized carbons (Fsp3) is 0.684. The van der Waals surface area contributed by atoms with E-state index in [0.717, 1.165) is 96.3 Å². The maximum atomic E-state index is 12.2. The topological polar surface area (TPSA) is 131 Å². The van der Waals surface area contributed by atoms with Gasteiger partial charge in [0.15, 0.2) is 0 Å². The Labute approximate surface area is 410 Å². The average Bonchev–Trinajstić information content (AvgIpc) is 3.32. The quantitative estimate of drug-likeness (QED) is 0.0238. The fourth-order valence-corrected chi connectivity index (χ4v) is 7.69. The van der Waals surface area contributed by atoms with Crippen LogP contribution in [-0.2, 0) is 27.9 Å². The van der Waals surface area contributed by atoms with Crippen molar-refractivity contribution < 1.29 is 37.9 Å². The SMILES string of the molecule is CCCCC/C=C\C/C=C\C/C=C\C/C=C\CCCCCCCCCC(=O)NCCOP(=O)(O)OCC(O)COC(=O)CCCCCCCCC/C=C\C/C=C\C/C=C\C/C=C\CCCCC. The van der Waals surface area contributed by atoms with Crippen LogP contribution in [0.1, 0.15) is 219 Å². The highest BCUT2D eigenvalue weighted by molar-refractivity contribution is 7.47. The van der Waals surface area contributed by atoms with Gasteiger partial charge in [0.1, 0.15) is 12.7 Å². The molecule has 9 nitrogen and oxygen atoms in total. The summed E-state index contributed by atoms with van der Waals surface area (Å²) in [6, 6.07) is 0. The number of aliphatic hydroxyl groups is 1. The largest absolute Gasteiger partial charge is 0.472 e. The van der Waals surface area contributed by atoms with Crippen molar-refractivity contribution in [2.45, 2.75) is 225 Å². The Kier molecular flexibility index (Phi) is 49.9. The van der Waals surface area contributed by atoms with Crippen molar-refractivity contribution >= 4 is 19.7 Å². The van der Waals surface area contributed by atoms with Crippen molar-refractivity contribution in [3.05, 3.63) is 97.2 Å². The number of unbranched alkanes of at least 4 members (excludes halogenated alkanes) is 20. The lowest BCUT2D eigenvalue weighted by atomic mass is 10.1. The molecule has 10 heteroatoms. The number of ether oxygens (including phenoxy) is 1. The molecule has 0 aliphatic rings. The summed E-state index contributed by atoms with van der Waals surface area (Å²) in [5, 5.41) is 12.8. The van der Waals surface area contributed by atoms with Crippen LogP contribution in [-0.4, -0.2) is 54.3 Å². The normalized spacial score (nSPS) is 13.9. The molecule has 0 aliphatic heterocycles. The minimum absolute atomic E-state index is 0.0686. The van der Waals surface area contributed by atoms with Crippen molar-refractivity contribution in [2.24, 2.45) is 0 Å². The lowest BCUT2D eigenvalue weighted by Crippen LogP contribution is -2.27. The molecule has 0 heterocycles. The van der Waals surface area contributed by atoms with Crippen molar-refractivity contribution in [1.82, 2.24) is 5.32 Å². The lowest BCUT2D eigenvalue weighted by Gasteiger charge is -2.15. The molecule has 0 spiro atoms. The molecule has 0 bridgehead atoms. The number of phosphoric ester groups is 1. The molecule has 0 rings (SSSR count). The number of allylic oxidation sites excluding steroid dienone is 16. The van der Waals surface area contributed by atoms with Crippen molar-refractivity contribution in [1.29, 1.82) is 0 Å². The summed E-state index contributed by atoms with van der Waals surface area (Å²) in [4.78, 5) is 34.1. The number of aliphatic hydroxyl groups excluding tert-OH is 1. The van der Waals surface area contributed by atoms with Gasteiger partial charge in [0.05, 0.1) is 13.2 Å². The first-order valence-corrected chi connectivity index (χ1v) is 28.2. The van der Waals surface area contributed by atoms with Gasteiger partial charge >= 0.3 is 13.8 Å². The van der Waals surface area contributed by atoms with E-state index in [9.17, 15) is 24.2 Å². The number of hydrogen-bond acceptors (Lipinski definition) is 7. The number of nitrogens with one attached hydrogen (secondary N) is 1. The van der Waals surface area contributed by atoms with Crippen molar-refractivity contribution in [2.75, 3.05) is 26.4 Å². The van der Waals surface area contributed by atoms with Crippen LogP contribution in [0.3, 0.4) is 0 Å². The van der Waals surface area contributed by atoms with E-state index in [2.05, 4.69) is 116 Å². The summed E-state index contributed by atoms with van der Waals surface area (Å²) in [6.45, 7) is 3.47. The third-order valence-electron chi connectivity index (χ3n) is 11.0. The zero-order valence-corrected chi connectivity index (χ0v) is 43.5. The zero-order valence-electron chi connectivity index (χ0n) is 42.6. The predicted octanol–water partition coefficient (Wildman–Crippen LogP) is 16.1. The number of hydrogen-bond donors (Lipinski definition) is 3. The molecule has 0 aromatic heterocycles. The standard InChI is InChI=1S/C57H98NO8P/c1-3-5-7-9-11-13-15-17-19-21-23-25-27-29-31-33-35-37-39-41-43-45-47-49-56(60)58-51-52-65-67(62,63)66-54-55(59)53-64-57(61)50-48-46-44-42-40-38-36-34-32-30-28-26-24-22-20-18-16-14-12-10-8-6-4-2/h11-14,17-20,23-26,29-32,55,59H,3-10,15-16,21-22,27-28,33-54H2,1-2H3,(H,58,60)(H,62,63)/b13-11-,14-12-,19-17-,20-18-,25-23-,26-24-,31-29-,32-30-. The number of amides is 1. The first-order valence-electron chi connectivity index (χ1n) is 26.7. The molecule has 3 N–H and O–H groups in total. The van der Waals surface area contributed by atoms with Gasteiger partial charge in [-0.25, -0.2) is 4.57 Å². The van der Waals surface area contributed by atoms with E-state index in [4.69, 9.17) is 13.8 Å². The summed E-state index contributed by atoms with van der Waals surface area (Å²) in [5.74, 6) is -0.542. The van der Waals surface area contributed by atoms with E-state index in [1.54, 1.807) is 0 Å². The van der Waals surface area contributed by atoms with E-state index in [0.29, 0.717) is 6.42 Å². The molecule has 0 saturated heterocycles. The van der Waals surface area contributed by atoms with Crippen LogP contribution in [0.15, 0.2) is 97.2 Å². The summed E-state index contributed by atoms with van der Waals surface area (Å²) in [5.41, 5.74) is 0. The fourth-order valence-electron chi connectivity index (χ4n) is 6.94. The second-order valence-corrected chi connectivity index (χ2v) is 18.9. The monoisotopic (exact) mass is 956 g/mol. The highest BCUT2D eigenvalue weighted by atomic mass is 31.2. The maximum Gasteiger partial charge on any atom is 0.472 e. The maximum absolute atomic E-state index is 12.2. The molecule has 0 radical (unpaired) electrons. The van der Waals surface area contributed by atoms with Crippen LogP contribution in [0.2, 0.25) is 0 Å². The van der Waals surface area contributed by atoms with Crippen LogP contribution >= 0.6 is 7.82 Å². The Bertz CT molecular complexity index is 1410. The van der Waals surface area contributed by atoms with Crippen molar-refractivity contribution in [3.63, 3.8) is 0 Å². The number of carbonyl (C=O) groups excluding carboxylic acids is 2. The molecule has 2 atom stereocenters. The molecule has 67 heavy (non-hydrogen) atoms. The molecule has 2 unspecified atom stereocenters. The van der Waals surface area contributed by atoms with Gasteiger partial charge in [-0.1, -0.05) is 201 Å². The van der Waals surface area contributed by atoms with Crippen LogP contribution in [0.4, 0.5) is 0 Å². The highest BCUT2D eigenvalue weighted by Gasteiger charge is 2.23. The molecule has 0 fully saturated rings. The second kappa shape index (κ2) is 52.3. The molecule has 0 aromatic carbocycles. The number of esters is 1. The third kappa shape index (κ3) is 53.7. The minimum Gasteiger partial charge on any atom is -0.463 e. The highest BCUT2D eigenvalue weighted by Crippen LogP contribution is 2.42. The summed E-state index contributed by atoms with van der Waals surface area (Å²) in [7, 11) is -4.44. The minimum atomic E-state index is -4.44. The van der Waals surface area contributed by atoms with Crippen LogP contribution in [0, 0.1) is 0 Å². The number of phosphoric acid groups is 1. The number of carbonyl (C=O) groups is 2. The Balaban J connectivity index is 3.63. The number of rotatable bonds is 49. The van der Waals surface area contributed by atoms with Crippen LogP contribution < -0.4 is 5.32 Å². The Hall–Kier alpha value is -3.07. The van der Waals surface area contributed by atoms with Crippen LogP contribution in [0.25, 0.3) is 0 Å². The van der Waals surface area contributed by atoms with E-state index < -0.39 is 26.5 Å². The Morgan fingerprint density at radius 3 is 1.21 bits per heavy atom. The summed E-state index contributed by atoms with van der Waals surface area (Å²) < 4.78 is 27.0. The molecule has 0 saturated carbocycles. The third-order valence-corrected chi connectivity index (χ3v) is 12.0. The molecule has 0 aliphatic carbocycles. The van der Waals surface area contributed by atoms with Gasteiger partial charge in [0.2, 0.25) is 5.91 Å². The van der Waals surface area contributed by atoms with Gasteiger partial charge in [-0.3, -0.25) is 18.6 Å². The van der Waals surface area contributed by atoms with Gasteiger partial charge in [-0.15, -0.1) is 0 Å². The first kappa shape index (κ1) is 63.9. The Morgan fingerprint density at radius 2 is 0.806 bits per heavy atom. The molecule has 1 amide bonds. The van der Waals surface area contributed by atoms with E-state index >= 15 is 0 Å². The first-order chi connectivity index (χ1) is 32.8. The molecular formula is C57H98NO8P. The average molecular weight is 956 g/mol. The van der Waals surface area contributed by atoms with Gasteiger partial charge in [0.25, 0.3) is 0 Å². The van der Waals surface area contributed by atoms with Gasteiger partial charge < -0.3 is 20.1 Å². The molecule has 0 aromatic rings. The molecular weight excluding hydrogens is 858 g/mol. The molecule has 384 valence electrons. The second-order valence-electron chi connectivity index (χ2n) is 17.5. The lowest BCUT2D eigenvalue weighted by molar-refractivity contribution is -0.147. The smallest absolute Gasteiger partial charge is 0.463 e. The van der Waals surface area contributed by atoms with E-state index in [-0.39, 0.29) is 32.1 Å². The van der Waals surface area contributed by atoms with E-state index in [1.165, 1.54) is 96.3 Å². The summed E-state index contributed by atoms with van der Waals surface area (Å²) >= 11 is 0. The van der Waals surface area contributed by atoms with Gasteiger partial charge in [-0.2, -0.15) is 0 Å².